The van der Waals surface area contributed by atoms with Gasteiger partial charge in [-0.3, -0.25) is 0 Å². The topological polar surface area (TPSA) is 20.2 Å². The summed E-state index contributed by atoms with van der Waals surface area (Å²) in [7, 11) is 0. The van der Waals surface area contributed by atoms with Gasteiger partial charge >= 0.3 is 0 Å². The van der Waals surface area contributed by atoms with Gasteiger partial charge < -0.3 is 5.11 Å². The molecule has 0 aliphatic rings. The van der Waals surface area contributed by atoms with Gasteiger partial charge in [-0.25, -0.2) is 0 Å². The lowest BCUT2D eigenvalue weighted by Crippen LogP contribution is -2.05. The molecule has 232 valence electrons. The molecule has 0 saturated heterocycles. The Morgan fingerprint density at radius 2 is 0.641 bits per heavy atom. The monoisotopic (exact) mass is 547 g/mol. The number of unbranched alkanes of at least 4 members (excludes halogenated alkanes) is 25. The van der Waals surface area contributed by atoms with Gasteiger partial charge in [-0.05, 0) is 44.9 Å². The molecule has 39 heavy (non-hydrogen) atoms. The van der Waals surface area contributed by atoms with Crippen LogP contribution in [0.2, 0.25) is 0 Å². The SMILES string of the molecule is CCCCC/C=C\C/C=C\CCCCCCCCC(O)CCCCCCCCCCCCCCCCCCC. The predicted molar refractivity (Wildman–Crippen MR) is 179 cm³/mol. The first-order chi connectivity index (χ1) is 19.3. The van der Waals surface area contributed by atoms with Crippen LogP contribution in [0.15, 0.2) is 24.3 Å². The van der Waals surface area contributed by atoms with Crippen LogP contribution in [-0.2, 0) is 0 Å². The van der Waals surface area contributed by atoms with Crippen molar-refractivity contribution in [2.45, 2.75) is 219 Å². The van der Waals surface area contributed by atoms with E-state index in [1.807, 2.05) is 0 Å². The first kappa shape index (κ1) is 38.4. The number of aliphatic hydroxyl groups is 1. The Kier molecular flexibility index (Phi) is 35.0. The van der Waals surface area contributed by atoms with Crippen LogP contribution in [0.1, 0.15) is 213 Å². The van der Waals surface area contributed by atoms with E-state index in [1.165, 1.54) is 180 Å². The third kappa shape index (κ3) is 35.4. The number of hydrogen-bond acceptors (Lipinski definition) is 1. The minimum atomic E-state index is -0.0489. The fourth-order valence-corrected chi connectivity index (χ4v) is 5.62. The summed E-state index contributed by atoms with van der Waals surface area (Å²) in [5.41, 5.74) is 0. The molecule has 0 aliphatic heterocycles. The molecule has 0 amide bonds. The van der Waals surface area contributed by atoms with Crippen molar-refractivity contribution in [3.8, 4) is 0 Å². The van der Waals surface area contributed by atoms with E-state index in [0.717, 1.165) is 19.3 Å². The smallest absolute Gasteiger partial charge is 0.0540 e. The molecule has 1 unspecified atom stereocenters. The highest BCUT2D eigenvalue weighted by atomic mass is 16.3. The van der Waals surface area contributed by atoms with Crippen molar-refractivity contribution in [3.63, 3.8) is 0 Å². The number of hydrogen-bond donors (Lipinski definition) is 1. The normalized spacial score (nSPS) is 12.8. The van der Waals surface area contributed by atoms with Gasteiger partial charge in [-0.15, -0.1) is 0 Å². The lowest BCUT2D eigenvalue weighted by molar-refractivity contribution is 0.147. The van der Waals surface area contributed by atoms with Gasteiger partial charge in [0.1, 0.15) is 0 Å². The van der Waals surface area contributed by atoms with Gasteiger partial charge in [-0.1, -0.05) is 192 Å². The average molecular weight is 547 g/mol. The highest BCUT2D eigenvalue weighted by molar-refractivity contribution is 4.92. The van der Waals surface area contributed by atoms with E-state index < -0.39 is 0 Å². The van der Waals surface area contributed by atoms with Gasteiger partial charge in [0.15, 0.2) is 0 Å². The summed E-state index contributed by atoms with van der Waals surface area (Å²) in [6.07, 6.45) is 51.0. The minimum Gasteiger partial charge on any atom is -0.393 e. The van der Waals surface area contributed by atoms with Crippen LogP contribution >= 0.6 is 0 Å². The zero-order valence-corrected chi connectivity index (χ0v) is 27.3. The Labute approximate surface area is 248 Å². The van der Waals surface area contributed by atoms with Crippen LogP contribution in [0.5, 0.6) is 0 Å². The largest absolute Gasteiger partial charge is 0.393 e. The van der Waals surface area contributed by atoms with E-state index in [4.69, 9.17) is 0 Å². The van der Waals surface area contributed by atoms with E-state index in [-0.39, 0.29) is 6.10 Å². The molecule has 0 heterocycles. The van der Waals surface area contributed by atoms with Crippen molar-refractivity contribution in [2.24, 2.45) is 0 Å². The first-order valence-corrected chi connectivity index (χ1v) is 18.3. The van der Waals surface area contributed by atoms with Crippen molar-refractivity contribution in [1.29, 1.82) is 0 Å². The van der Waals surface area contributed by atoms with Crippen LogP contribution < -0.4 is 0 Å². The molecule has 1 nitrogen and oxygen atoms in total. The van der Waals surface area contributed by atoms with Crippen LogP contribution in [0.4, 0.5) is 0 Å². The highest BCUT2D eigenvalue weighted by Gasteiger charge is 2.04. The summed E-state index contributed by atoms with van der Waals surface area (Å²) >= 11 is 0. The van der Waals surface area contributed by atoms with E-state index in [2.05, 4.69) is 38.2 Å². The maximum atomic E-state index is 10.3. The number of rotatable bonds is 33. The molecule has 0 saturated carbocycles. The minimum absolute atomic E-state index is 0.0489. The molecule has 0 aliphatic carbocycles. The molecule has 0 bridgehead atoms. The molecule has 0 aromatic heterocycles. The Hall–Kier alpha value is -0.560. The molecule has 0 aromatic rings. The third-order valence-electron chi connectivity index (χ3n) is 8.38. The fourth-order valence-electron chi connectivity index (χ4n) is 5.62. The van der Waals surface area contributed by atoms with Gasteiger partial charge in [0, 0.05) is 0 Å². The second-order valence-corrected chi connectivity index (χ2v) is 12.5. The van der Waals surface area contributed by atoms with Gasteiger partial charge in [0.05, 0.1) is 6.10 Å². The molecule has 1 N–H and O–H groups in total. The van der Waals surface area contributed by atoms with Crippen molar-refractivity contribution < 1.29 is 5.11 Å². The van der Waals surface area contributed by atoms with Crippen LogP contribution in [-0.4, -0.2) is 11.2 Å². The quantitative estimate of drug-likeness (QED) is 0.0641. The first-order valence-electron chi connectivity index (χ1n) is 18.3. The molecular formula is C38H74O. The lowest BCUT2D eigenvalue weighted by atomic mass is 10.0. The maximum absolute atomic E-state index is 10.3. The second kappa shape index (κ2) is 35.5. The highest BCUT2D eigenvalue weighted by Crippen LogP contribution is 2.16. The Morgan fingerprint density at radius 3 is 1.03 bits per heavy atom. The predicted octanol–water partition coefficient (Wildman–Crippen LogP) is 13.6. The molecule has 0 fully saturated rings. The molecule has 1 heteroatoms. The van der Waals surface area contributed by atoms with E-state index in [9.17, 15) is 5.11 Å². The van der Waals surface area contributed by atoms with E-state index in [1.54, 1.807) is 0 Å². The van der Waals surface area contributed by atoms with E-state index >= 15 is 0 Å². The molecule has 0 radical (unpaired) electrons. The fraction of sp³-hybridized carbons (Fsp3) is 0.895. The standard InChI is InChI=1S/C38H74O/c1-3-5-7-9-11-13-15-17-19-21-23-25-27-29-31-33-35-37-38(39)36-34-32-30-28-26-24-22-20-18-16-14-12-10-8-6-4-2/h12,14,18,20,38-39H,3-11,13,15-17,19,21-37H2,1-2H3/b14-12-,20-18-. The van der Waals surface area contributed by atoms with Crippen LogP contribution in [0.3, 0.4) is 0 Å². The molecule has 0 aromatic carbocycles. The van der Waals surface area contributed by atoms with Gasteiger partial charge in [0.2, 0.25) is 0 Å². The molecule has 1 atom stereocenters. The van der Waals surface area contributed by atoms with Crippen molar-refractivity contribution in [2.75, 3.05) is 0 Å². The van der Waals surface area contributed by atoms with Crippen molar-refractivity contribution in [1.82, 2.24) is 0 Å². The van der Waals surface area contributed by atoms with Gasteiger partial charge in [-0.2, -0.15) is 0 Å². The van der Waals surface area contributed by atoms with Crippen molar-refractivity contribution in [3.05, 3.63) is 24.3 Å². The summed E-state index contributed by atoms with van der Waals surface area (Å²) in [6.45, 7) is 4.56. The summed E-state index contributed by atoms with van der Waals surface area (Å²) in [6, 6.07) is 0. The van der Waals surface area contributed by atoms with Crippen LogP contribution in [0.25, 0.3) is 0 Å². The number of aliphatic hydroxyl groups excluding tert-OH is 1. The molecule has 0 rings (SSSR count). The second-order valence-electron chi connectivity index (χ2n) is 12.5. The zero-order chi connectivity index (χ0) is 28.3. The summed E-state index contributed by atoms with van der Waals surface area (Å²) < 4.78 is 0. The molecular weight excluding hydrogens is 472 g/mol. The van der Waals surface area contributed by atoms with Crippen molar-refractivity contribution >= 4 is 0 Å². The number of allylic oxidation sites excluding steroid dienone is 4. The average Bonchev–Trinajstić information content (AvgIpc) is 2.94. The van der Waals surface area contributed by atoms with Crippen LogP contribution in [0, 0.1) is 0 Å². The van der Waals surface area contributed by atoms with Gasteiger partial charge in [0.25, 0.3) is 0 Å². The Balaban J connectivity index is 3.20. The molecule has 0 spiro atoms. The summed E-state index contributed by atoms with van der Waals surface area (Å²) in [5.74, 6) is 0. The maximum Gasteiger partial charge on any atom is 0.0540 e. The Bertz CT molecular complexity index is 479. The van der Waals surface area contributed by atoms with E-state index in [0.29, 0.717) is 0 Å². The lowest BCUT2D eigenvalue weighted by Gasteiger charge is -2.10. The Morgan fingerprint density at radius 1 is 0.359 bits per heavy atom. The third-order valence-corrected chi connectivity index (χ3v) is 8.38. The summed E-state index contributed by atoms with van der Waals surface area (Å²) in [4.78, 5) is 0. The zero-order valence-electron chi connectivity index (χ0n) is 27.3. The summed E-state index contributed by atoms with van der Waals surface area (Å²) in [5, 5.41) is 10.3.